The molecule has 0 aliphatic rings. The van der Waals surface area contributed by atoms with Gasteiger partial charge in [-0.25, -0.2) is 22.5 Å². The van der Waals surface area contributed by atoms with E-state index >= 15 is 0 Å². The fourth-order valence-electron chi connectivity index (χ4n) is 2.03. The minimum Gasteiger partial charge on any atom is -0.494 e. The van der Waals surface area contributed by atoms with Crippen molar-refractivity contribution in [3.63, 3.8) is 0 Å². The van der Waals surface area contributed by atoms with Crippen LogP contribution in [-0.4, -0.2) is 37.9 Å². The molecule has 0 saturated heterocycles. The molecule has 0 fully saturated rings. The first-order valence-corrected chi connectivity index (χ1v) is 8.51. The number of benzene rings is 1. The Morgan fingerprint density at radius 1 is 1.48 bits per heavy atom. The van der Waals surface area contributed by atoms with Gasteiger partial charge in [0, 0.05) is 25.2 Å². The summed E-state index contributed by atoms with van der Waals surface area (Å²) in [5, 5.41) is 0. The van der Waals surface area contributed by atoms with E-state index in [4.69, 9.17) is 16.3 Å². The van der Waals surface area contributed by atoms with Crippen molar-refractivity contribution in [3.8, 4) is 5.75 Å². The highest BCUT2D eigenvalue weighted by molar-refractivity contribution is 7.88. The van der Waals surface area contributed by atoms with Crippen LogP contribution in [0.4, 0.5) is 4.39 Å². The molecular weight excluding hydrogens is 321 g/mol. The predicted octanol–water partition coefficient (Wildman–Crippen LogP) is 1.47. The van der Waals surface area contributed by atoms with Gasteiger partial charge in [-0.15, -0.1) is 11.6 Å². The molecule has 0 saturated carbocycles. The maximum Gasteiger partial charge on any atom is 0.208 e. The summed E-state index contributed by atoms with van der Waals surface area (Å²) in [7, 11) is -1.90. The Balaban J connectivity index is 2.40. The number of methoxy groups -OCH3 is 1. The topological polar surface area (TPSA) is 73.2 Å². The van der Waals surface area contributed by atoms with E-state index in [1.807, 2.05) is 0 Å². The van der Waals surface area contributed by atoms with Crippen LogP contribution in [0.1, 0.15) is 5.82 Å². The van der Waals surface area contributed by atoms with E-state index in [1.165, 1.54) is 19.2 Å². The number of nitrogens with zero attached hydrogens (tertiary/aromatic N) is 2. The molecule has 0 spiro atoms. The minimum absolute atomic E-state index is 0.0980. The van der Waals surface area contributed by atoms with E-state index in [1.54, 1.807) is 4.57 Å². The van der Waals surface area contributed by atoms with Crippen LogP contribution in [0.3, 0.4) is 0 Å². The molecule has 0 bridgehead atoms. The van der Waals surface area contributed by atoms with Gasteiger partial charge in [0.05, 0.1) is 30.3 Å². The molecule has 2 aromatic rings. The van der Waals surface area contributed by atoms with E-state index < -0.39 is 15.8 Å². The second kappa shape index (κ2) is 6.17. The summed E-state index contributed by atoms with van der Waals surface area (Å²) in [5.74, 6) is 0.262. The van der Waals surface area contributed by atoms with Crippen molar-refractivity contribution in [2.45, 2.75) is 12.4 Å². The van der Waals surface area contributed by atoms with Gasteiger partial charge in [0.25, 0.3) is 0 Å². The van der Waals surface area contributed by atoms with Crippen LogP contribution in [-0.2, 0) is 22.4 Å². The smallest absolute Gasteiger partial charge is 0.208 e. The molecule has 0 aliphatic heterocycles. The third kappa shape index (κ3) is 3.63. The molecule has 9 heteroatoms. The molecule has 0 amide bonds. The van der Waals surface area contributed by atoms with Crippen molar-refractivity contribution in [3.05, 3.63) is 23.8 Å². The van der Waals surface area contributed by atoms with Gasteiger partial charge < -0.3 is 9.30 Å². The SMILES string of the molecule is COc1cc2c(cc1F)nc(CCl)n2CCNS(C)(=O)=O. The molecule has 21 heavy (non-hydrogen) atoms. The van der Waals surface area contributed by atoms with Crippen LogP contribution in [0.25, 0.3) is 11.0 Å². The van der Waals surface area contributed by atoms with E-state index in [2.05, 4.69) is 9.71 Å². The van der Waals surface area contributed by atoms with Crippen LogP contribution in [0.15, 0.2) is 12.1 Å². The van der Waals surface area contributed by atoms with Gasteiger partial charge >= 0.3 is 0 Å². The van der Waals surface area contributed by atoms with Crippen molar-refractivity contribution in [1.82, 2.24) is 14.3 Å². The van der Waals surface area contributed by atoms with Crippen LogP contribution in [0.2, 0.25) is 0 Å². The molecule has 1 aromatic carbocycles. The second-order valence-electron chi connectivity index (χ2n) is 4.46. The van der Waals surface area contributed by atoms with Gasteiger partial charge in [0.2, 0.25) is 10.0 Å². The number of hydrogen-bond acceptors (Lipinski definition) is 4. The Morgan fingerprint density at radius 3 is 2.76 bits per heavy atom. The summed E-state index contributed by atoms with van der Waals surface area (Å²) in [6, 6.07) is 2.79. The fourth-order valence-corrected chi connectivity index (χ4v) is 2.69. The Kier molecular flexibility index (Phi) is 4.70. The van der Waals surface area contributed by atoms with E-state index in [9.17, 15) is 12.8 Å². The van der Waals surface area contributed by atoms with Crippen LogP contribution in [0.5, 0.6) is 5.75 Å². The third-order valence-corrected chi connectivity index (χ3v) is 3.89. The average molecular weight is 336 g/mol. The van der Waals surface area contributed by atoms with Crippen molar-refractivity contribution in [1.29, 1.82) is 0 Å². The number of fused-ring (bicyclic) bond motifs is 1. The van der Waals surface area contributed by atoms with E-state index in [0.717, 1.165) is 6.26 Å². The summed E-state index contributed by atoms with van der Waals surface area (Å²) in [4.78, 5) is 4.24. The average Bonchev–Trinajstić information content (AvgIpc) is 2.73. The molecule has 1 heterocycles. The molecule has 116 valence electrons. The number of nitrogens with one attached hydrogen (secondary N) is 1. The lowest BCUT2D eigenvalue weighted by atomic mass is 10.3. The predicted molar refractivity (Wildman–Crippen MR) is 78.6 cm³/mol. The van der Waals surface area contributed by atoms with Crippen molar-refractivity contribution in [2.75, 3.05) is 19.9 Å². The number of ether oxygens (including phenoxy) is 1. The van der Waals surface area contributed by atoms with Gasteiger partial charge in [-0.2, -0.15) is 0 Å². The summed E-state index contributed by atoms with van der Waals surface area (Å²) in [6.45, 7) is 0.522. The lowest BCUT2D eigenvalue weighted by Gasteiger charge is -2.09. The lowest BCUT2D eigenvalue weighted by molar-refractivity contribution is 0.387. The van der Waals surface area contributed by atoms with Crippen molar-refractivity contribution >= 4 is 32.7 Å². The summed E-state index contributed by atoms with van der Waals surface area (Å²) >= 11 is 5.84. The van der Waals surface area contributed by atoms with Gasteiger partial charge in [0.15, 0.2) is 11.6 Å². The number of sulfonamides is 1. The molecule has 0 radical (unpaired) electrons. The summed E-state index contributed by atoms with van der Waals surface area (Å²) in [5.41, 5.74) is 1.09. The fraction of sp³-hybridized carbons (Fsp3) is 0.417. The highest BCUT2D eigenvalue weighted by atomic mass is 35.5. The molecule has 1 aromatic heterocycles. The Hall–Kier alpha value is -1.38. The zero-order valence-electron chi connectivity index (χ0n) is 11.6. The molecule has 1 N–H and O–H groups in total. The minimum atomic E-state index is -3.27. The Bertz CT molecular complexity index is 761. The van der Waals surface area contributed by atoms with Crippen LogP contribution < -0.4 is 9.46 Å². The largest absolute Gasteiger partial charge is 0.494 e. The van der Waals surface area contributed by atoms with E-state index in [0.29, 0.717) is 23.4 Å². The number of alkyl halides is 1. The van der Waals surface area contributed by atoms with E-state index in [-0.39, 0.29) is 18.2 Å². The Labute approximate surface area is 126 Å². The van der Waals surface area contributed by atoms with Crippen LogP contribution >= 0.6 is 11.6 Å². The normalized spacial score (nSPS) is 12.0. The maximum absolute atomic E-state index is 13.7. The molecule has 0 unspecified atom stereocenters. The van der Waals surface area contributed by atoms with Gasteiger partial charge in [-0.05, 0) is 0 Å². The molecule has 2 rings (SSSR count). The number of aromatic nitrogens is 2. The van der Waals surface area contributed by atoms with Gasteiger partial charge in [-0.1, -0.05) is 0 Å². The first-order valence-electron chi connectivity index (χ1n) is 6.09. The first-order chi connectivity index (χ1) is 9.85. The van der Waals surface area contributed by atoms with Gasteiger partial charge in [-0.3, -0.25) is 0 Å². The second-order valence-corrected chi connectivity index (χ2v) is 6.56. The molecule has 0 aliphatic carbocycles. The zero-order valence-corrected chi connectivity index (χ0v) is 13.1. The molecule has 6 nitrogen and oxygen atoms in total. The summed E-state index contributed by atoms with van der Waals surface area (Å²) in [6.07, 6.45) is 1.08. The van der Waals surface area contributed by atoms with Crippen LogP contribution in [0, 0.1) is 5.82 Å². The highest BCUT2D eigenvalue weighted by Gasteiger charge is 2.14. The quantitative estimate of drug-likeness (QED) is 0.811. The third-order valence-electron chi connectivity index (χ3n) is 2.92. The van der Waals surface area contributed by atoms with Crippen molar-refractivity contribution in [2.24, 2.45) is 0 Å². The lowest BCUT2D eigenvalue weighted by Crippen LogP contribution is -2.26. The zero-order chi connectivity index (χ0) is 15.6. The summed E-state index contributed by atoms with van der Waals surface area (Å²) < 4.78 is 44.9. The maximum atomic E-state index is 13.7. The van der Waals surface area contributed by atoms with Crippen molar-refractivity contribution < 1.29 is 17.5 Å². The Morgan fingerprint density at radius 2 is 2.19 bits per heavy atom. The number of rotatable bonds is 6. The molecule has 0 atom stereocenters. The highest BCUT2D eigenvalue weighted by Crippen LogP contribution is 2.26. The monoisotopic (exact) mass is 335 g/mol. The first kappa shape index (κ1) is 16.0. The van der Waals surface area contributed by atoms with Gasteiger partial charge in [0.1, 0.15) is 5.82 Å². The standard InChI is InChI=1S/C12H15ClFN3O3S/c1-20-11-6-10-9(5-8(11)14)16-12(7-13)17(10)4-3-15-21(2,18)19/h5-6,15H,3-4,7H2,1-2H3. The number of imidazole rings is 1. The molecular formula is C12H15ClFN3O3S. The number of halogens is 2. The number of hydrogen-bond donors (Lipinski definition) is 1.